The van der Waals surface area contributed by atoms with E-state index in [1.54, 1.807) is 0 Å². The highest BCUT2D eigenvalue weighted by Crippen LogP contribution is 2.67. The molecule has 3 saturated carbocycles. The summed E-state index contributed by atoms with van der Waals surface area (Å²) in [5, 5.41) is 11.4. The smallest absolute Gasteiger partial charge is 0.169 e. The zero-order valence-corrected chi connectivity index (χ0v) is 28.3. The highest BCUT2D eigenvalue weighted by molar-refractivity contribution is 6.08. The molecule has 0 aromatic heterocycles. The van der Waals surface area contributed by atoms with Crippen molar-refractivity contribution >= 4 is 10.2 Å². The molecular formula is C35H64O2Si. The fourth-order valence-corrected chi connectivity index (χ4v) is 10.6. The molecule has 0 saturated heterocycles. The fraction of sp³-hybridized carbons (Fsp3) is 0.943. The standard InChI is InChI=1S/C35H64O2Si/c1-26(2)13-12-14-27(3)30-17-18-31-29-16-15-28-25-35(36,37-23-10-8-6-7-9-11-24-38)22-21-33(28,4)32(29)19-20-34(30,31)5/h15,26-27,29-32,36H,6-14,16-25H2,1-5,38H3/t27-,29+,30-,31+,32+,33+,34-,35?/m1/s1. The van der Waals surface area contributed by atoms with Gasteiger partial charge in [0, 0.05) is 23.1 Å². The molecule has 0 bridgehead atoms. The predicted octanol–water partition coefficient (Wildman–Crippen LogP) is 8.86. The second-order valence-electron chi connectivity index (χ2n) is 15.4. The van der Waals surface area contributed by atoms with Crippen LogP contribution < -0.4 is 0 Å². The summed E-state index contributed by atoms with van der Waals surface area (Å²) in [4.78, 5) is 0. The van der Waals surface area contributed by atoms with Crippen LogP contribution in [0.2, 0.25) is 6.04 Å². The lowest BCUT2D eigenvalue weighted by Gasteiger charge is -2.59. The van der Waals surface area contributed by atoms with E-state index in [2.05, 4.69) is 40.7 Å². The van der Waals surface area contributed by atoms with Crippen molar-refractivity contribution < 1.29 is 9.84 Å². The van der Waals surface area contributed by atoms with Crippen LogP contribution in [0.1, 0.15) is 144 Å². The molecule has 4 aliphatic carbocycles. The SMILES string of the molecule is CC(C)CCC[C@@H](C)[C@H]1CC[C@H]2[C@@H]3CC=C4CC(O)(OCCCCCCCC[SiH3])CC[C@]4(C)[C@H]3CC[C@]12C. The van der Waals surface area contributed by atoms with Crippen molar-refractivity contribution in [1.29, 1.82) is 0 Å². The molecule has 0 amide bonds. The largest absolute Gasteiger partial charge is 0.365 e. The van der Waals surface area contributed by atoms with Crippen LogP contribution in [0.15, 0.2) is 11.6 Å². The van der Waals surface area contributed by atoms with Crippen LogP contribution >= 0.6 is 0 Å². The third-order valence-electron chi connectivity index (χ3n) is 12.4. The molecule has 38 heavy (non-hydrogen) atoms. The van der Waals surface area contributed by atoms with Gasteiger partial charge in [-0.15, -0.1) is 0 Å². The summed E-state index contributed by atoms with van der Waals surface area (Å²) in [6.07, 6.45) is 24.4. The van der Waals surface area contributed by atoms with Crippen molar-refractivity contribution in [2.75, 3.05) is 6.61 Å². The van der Waals surface area contributed by atoms with Gasteiger partial charge < -0.3 is 9.84 Å². The van der Waals surface area contributed by atoms with Crippen molar-refractivity contribution in [1.82, 2.24) is 0 Å². The van der Waals surface area contributed by atoms with Crippen molar-refractivity contribution in [3.63, 3.8) is 0 Å². The normalized spacial score (nSPS) is 39.5. The van der Waals surface area contributed by atoms with E-state index in [1.165, 1.54) is 105 Å². The summed E-state index contributed by atoms with van der Waals surface area (Å²) >= 11 is 0. The molecule has 3 heteroatoms. The van der Waals surface area contributed by atoms with E-state index in [9.17, 15) is 5.11 Å². The van der Waals surface area contributed by atoms with E-state index in [-0.39, 0.29) is 5.41 Å². The third kappa shape index (κ3) is 6.67. The van der Waals surface area contributed by atoms with Crippen LogP contribution in [0, 0.1) is 46.3 Å². The summed E-state index contributed by atoms with van der Waals surface area (Å²) in [7, 11) is 1.35. The molecule has 220 valence electrons. The number of hydrogen-bond donors (Lipinski definition) is 1. The molecule has 0 aromatic rings. The Morgan fingerprint density at radius 1 is 0.895 bits per heavy atom. The Kier molecular flexibility index (Phi) is 10.7. The quantitative estimate of drug-likeness (QED) is 0.102. The summed E-state index contributed by atoms with van der Waals surface area (Å²) in [5.74, 6) is 4.31. The summed E-state index contributed by atoms with van der Waals surface area (Å²) < 4.78 is 6.22. The minimum Gasteiger partial charge on any atom is -0.365 e. The molecule has 2 nitrogen and oxygen atoms in total. The van der Waals surface area contributed by atoms with Gasteiger partial charge in [0.2, 0.25) is 0 Å². The average Bonchev–Trinajstić information content (AvgIpc) is 3.23. The van der Waals surface area contributed by atoms with E-state index in [0.717, 1.165) is 67.8 Å². The first-order valence-electron chi connectivity index (χ1n) is 17.2. The molecule has 3 fully saturated rings. The van der Waals surface area contributed by atoms with Crippen LogP contribution in [-0.4, -0.2) is 27.7 Å². The van der Waals surface area contributed by atoms with Gasteiger partial charge >= 0.3 is 0 Å². The van der Waals surface area contributed by atoms with Crippen LogP contribution in [-0.2, 0) is 4.74 Å². The first-order chi connectivity index (χ1) is 18.1. The van der Waals surface area contributed by atoms with Gasteiger partial charge in [0.15, 0.2) is 5.79 Å². The Balaban J connectivity index is 1.32. The molecule has 4 aliphatic rings. The number of hydrogen-bond acceptors (Lipinski definition) is 2. The maximum absolute atomic E-state index is 11.4. The number of rotatable bonds is 14. The van der Waals surface area contributed by atoms with Gasteiger partial charge in [0.1, 0.15) is 0 Å². The third-order valence-corrected chi connectivity index (χ3v) is 13.2. The topological polar surface area (TPSA) is 29.5 Å². The van der Waals surface area contributed by atoms with Gasteiger partial charge in [-0.2, -0.15) is 0 Å². The molecule has 0 aromatic carbocycles. The molecule has 4 rings (SSSR count). The number of aliphatic hydroxyl groups is 1. The molecule has 0 radical (unpaired) electrons. The van der Waals surface area contributed by atoms with Gasteiger partial charge in [0.25, 0.3) is 0 Å². The van der Waals surface area contributed by atoms with E-state index >= 15 is 0 Å². The Labute approximate surface area is 240 Å². The number of allylic oxidation sites excluding steroid dienone is 1. The number of fused-ring (bicyclic) bond motifs is 5. The van der Waals surface area contributed by atoms with Crippen LogP contribution in [0.25, 0.3) is 0 Å². The lowest BCUT2D eigenvalue weighted by atomic mass is 9.46. The van der Waals surface area contributed by atoms with Crippen LogP contribution in [0.3, 0.4) is 0 Å². The van der Waals surface area contributed by atoms with Crippen molar-refractivity contribution in [2.24, 2.45) is 46.3 Å². The predicted molar refractivity (Wildman–Crippen MR) is 166 cm³/mol. The van der Waals surface area contributed by atoms with E-state index < -0.39 is 5.79 Å². The Bertz CT molecular complexity index is 778. The maximum Gasteiger partial charge on any atom is 0.169 e. The average molecular weight is 545 g/mol. The first kappa shape index (κ1) is 30.8. The first-order valence-corrected chi connectivity index (χ1v) is 18.6. The van der Waals surface area contributed by atoms with Crippen LogP contribution in [0.4, 0.5) is 0 Å². The van der Waals surface area contributed by atoms with Crippen molar-refractivity contribution in [2.45, 2.75) is 156 Å². The highest BCUT2D eigenvalue weighted by Gasteiger charge is 2.60. The second-order valence-corrected chi connectivity index (χ2v) is 16.4. The Morgan fingerprint density at radius 2 is 1.63 bits per heavy atom. The molecule has 0 spiro atoms. The van der Waals surface area contributed by atoms with Gasteiger partial charge in [-0.25, -0.2) is 0 Å². The maximum atomic E-state index is 11.4. The van der Waals surface area contributed by atoms with Gasteiger partial charge in [-0.05, 0) is 91.3 Å². The van der Waals surface area contributed by atoms with Gasteiger partial charge in [-0.1, -0.05) is 104 Å². The van der Waals surface area contributed by atoms with E-state index in [0.29, 0.717) is 5.41 Å². The number of unbranched alkanes of at least 4 members (excludes halogenated alkanes) is 5. The Hall–Kier alpha value is -0.123. The highest BCUT2D eigenvalue weighted by atomic mass is 28.1. The zero-order valence-electron chi connectivity index (χ0n) is 26.3. The Morgan fingerprint density at radius 3 is 2.37 bits per heavy atom. The van der Waals surface area contributed by atoms with Crippen molar-refractivity contribution in [3.8, 4) is 0 Å². The minimum absolute atomic E-state index is 0.281. The summed E-state index contributed by atoms with van der Waals surface area (Å²) in [6, 6.07) is 1.45. The van der Waals surface area contributed by atoms with Crippen molar-refractivity contribution in [3.05, 3.63) is 11.6 Å². The monoisotopic (exact) mass is 544 g/mol. The minimum atomic E-state index is -0.919. The summed E-state index contributed by atoms with van der Waals surface area (Å²) in [6.45, 7) is 13.3. The lowest BCUT2D eigenvalue weighted by Crippen LogP contribution is -2.53. The lowest BCUT2D eigenvalue weighted by molar-refractivity contribution is -0.225. The molecule has 8 atom stereocenters. The van der Waals surface area contributed by atoms with Gasteiger partial charge in [-0.3, -0.25) is 0 Å². The van der Waals surface area contributed by atoms with Gasteiger partial charge in [0.05, 0.1) is 6.61 Å². The van der Waals surface area contributed by atoms with Crippen LogP contribution in [0.5, 0.6) is 0 Å². The van der Waals surface area contributed by atoms with E-state index in [4.69, 9.17) is 4.74 Å². The second kappa shape index (κ2) is 13.2. The molecule has 0 aliphatic heterocycles. The molecule has 1 unspecified atom stereocenters. The molecular weight excluding hydrogens is 480 g/mol. The molecule has 0 heterocycles. The molecule has 1 N–H and O–H groups in total. The number of ether oxygens (including phenoxy) is 1. The van der Waals surface area contributed by atoms with E-state index in [1.807, 2.05) is 0 Å². The summed E-state index contributed by atoms with van der Waals surface area (Å²) in [5.41, 5.74) is 2.37. The zero-order chi connectivity index (χ0) is 27.4. The fourth-order valence-electron chi connectivity index (χ4n) is 10.1.